The Bertz CT molecular complexity index is 724. The molecule has 0 fully saturated rings. The molecule has 1 unspecified atom stereocenters. The zero-order chi connectivity index (χ0) is 18.1. The summed E-state index contributed by atoms with van der Waals surface area (Å²) in [6, 6.07) is 11.4. The van der Waals surface area contributed by atoms with Gasteiger partial charge in [0.25, 0.3) is 0 Å². The molecule has 2 aromatic rings. The van der Waals surface area contributed by atoms with Gasteiger partial charge >= 0.3 is 0 Å². The van der Waals surface area contributed by atoms with E-state index in [1.54, 1.807) is 13.2 Å². The van der Waals surface area contributed by atoms with Gasteiger partial charge in [-0.1, -0.05) is 74.4 Å². The Labute approximate surface area is 147 Å². The quantitative estimate of drug-likeness (QED) is 0.706. The van der Waals surface area contributed by atoms with Gasteiger partial charge < -0.3 is 4.74 Å². The average molecular weight is 346 g/mol. The standard InChI is InChI=1S/C21H28FOP/c1-20(2,3)14-12-15(21(4,5)6)19(23-7)18(13-14)24-17-11-9-8-10-16(17)22/h8-13,24H,1-7H3. The molecule has 2 aromatic carbocycles. The molecule has 0 heterocycles. The molecule has 0 spiro atoms. The van der Waals surface area contributed by atoms with Gasteiger partial charge in [-0.25, -0.2) is 4.39 Å². The molecule has 0 aliphatic rings. The number of rotatable bonds is 3. The minimum atomic E-state index is -0.156. The van der Waals surface area contributed by atoms with E-state index in [9.17, 15) is 4.39 Å². The average Bonchev–Trinajstić information content (AvgIpc) is 2.47. The van der Waals surface area contributed by atoms with Gasteiger partial charge in [0.15, 0.2) is 0 Å². The van der Waals surface area contributed by atoms with Crippen molar-refractivity contribution in [2.45, 2.75) is 52.4 Å². The minimum Gasteiger partial charge on any atom is -0.496 e. The van der Waals surface area contributed by atoms with Crippen molar-refractivity contribution >= 4 is 19.2 Å². The van der Waals surface area contributed by atoms with E-state index in [4.69, 9.17) is 4.74 Å². The Hall–Kier alpha value is -1.40. The predicted molar refractivity (Wildman–Crippen MR) is 104 cm³/mol. The highest BCUT2D eigenvalue weighted by atomic mass is 31.1. The van der Waals surface area contributed by atoms with Gasteiger partial charge in [0.1, 0.15) is 11.6 Å². The molecular weight excluding hydrogens is 318 g/mol. The number of hydrogen-bond acceptors (Lipinski definition) is 1. The summed E-state index contributed by atoms with van der Waals surface area (Å²) in [5, 5.41) is 1.79. The summed E-state index contributed by atoms with van der Waals surface area (Å²) < 4.78 is 19.9. The van der Waals surface area contributed by atoms with E-state index >= 15 is 0 Å². The van der Waals surface area contributed by atoms with Crippen molar-refractivity contribution in [3.8, 4) is 5.75 Å². The first-order valence-electron chi connectivity index (χ1n) is 8.28. The van der Waals surface area contributed by atoms with Gasteiger partial charge in [-0.15, -0.1) is 0 Å². The van der Waals surface area contributed by atoms with Gasteiger partial charge in [0.05, 0.1) is 7.11 Å². The molecule has 0 aromatic heterocycles. The van der Waals surface area contributed by atoms with Gasteiger partial charge in [-0.05, 0) is 28.5 Å². The molecule has 1 nitrogen and oxygen atoms in total. The smallest absolute Gasteiger partial charge is 0.130 e. The maximum Gasteiger partial charge on any atom is 0.130 e. The fraction of sp³-hybridized carbons (Fsp3) is 0.429. The third-order valence-electron chi connectivity index (χ3n) is 4.11. The van der Waals surface area contributed by atoms with Crippen LogP contribution in [0.15, 0.2) is 36.4 Å². The van der Waals surface area contributed by atoms with Gasteiger partial charge in [0, 0.05) is 16.2 Å². The van der Waals surface area contributed by atoms with E-state index in [1.165, 1.54) is 17.2 Å². The topological polar surface area (TPSA) is 9.23 Å². The van der Waals surface area contributed by atoms with Crippen LogP contribution in [0.3, 0.4) is 0 Å². The molecule has 1 atom stereocenters. The van der Waals surface area contributed by atoms with Crippen molar-refractivity contribution in [3.63, 3.8) is 0 Å². The molecule has 0 aliphatic carbocycles. The second-order valence-electron chi connectivity index (χ2n) is 8.21. The molecule has 0 bridgehead atoms. The number of ether oxygens (including phenoxy) is 1. The second-order valence-corrected chi connectivity index (χ2v) is 9.54. The molecule has 0 aliphatic heterocycles. The Kier molecular flexibility index (Phi) is 5.40. The first-order chi connectivity index (χ1) is 11.0. The van der Waals surface area contributed by atoms with Crippen LogP contribution in [0.25, 0.3) is 0 Å². The van der Waals surface area contributed by atoms with Gasteiger partial charge in [-0.3, -0.25) is 0 Å². The Balaban J connectivity index is 2.66. The van der Waals surface area contributed by atoms with Crippen molar-refractivity contribution in [2.24, 2.45) is 0 Å². The van der Waals surface area contributed by atoms with Crippen LogP contribution in [-0.4, -0.2) is 7.11 Å². The Morgan fingerprint density at radius 1 is 0.875 bits per heavy atom. The summed E-state index contributed by atoms with van der Waals surface area (Å²) in [5.41, 5.74) is 2.42. The molecule has 0 saturated carbocycles. The molecule has 0 amide bonds. The van der Waals surface area contributed by atoms with E-state index < -0.39 is 0 Å². The molecule has 0 saturated heterocycles. The van der Waals surface area contributed by atoms with E-state index in [1.807, 2.05) is 12.1 Å². The summed E-state index contributed by atoms with van der Waals surface area (Å²) in [4.78, 5) is 0. The lowest BCUT2D eigenvalue weighted by molar-refractivity contribution is 0.400. The fourth-order valence-electron chi connectivity index (χ4n) is 2.64. The lowest BCUT2D eigenvalue weighted by Crippen LogP contribution is -2.22. The zero-order valence-corrected chi connectivity index (χ0v) is 16.8. The summed E-state index contributed by atoms with van der Waals surface area (Å²) in [6.07, 6.45) is 0. The Morgan fingerprint density at radius 2 is 1.50 bits per heavy atom. The van der Waals surface area contributed by atoms with E-state index in [-0.39, 0.29) is 25.2 Å². The summed E-state index contributed by atoms with van der Waals surface area (Å²) in [7, 11) is 1.94. The molecule has 130 valence electrons. The second kappa shape index (κ2) is 6.84. The lowest BCUT2D eigenvalue weighted by atomic mass is 9.80. The van der Waals surface area contributed by atoms with E-state index in [0.29, 0.717) is 0 Å². The van der Waals surface area contributed by atoms with Crippen molar-refractivity contribution in [1.29, 1.82) is 0 Å². The van der Waals surface area contributed by atoms with Crippen LogP contribution in [0.4, 0.5) is 4.39 Å². The predicted octanol–water partition coefficient (Wildman–Crippen LogP) is 5.06. The molecule has 24 heavy (non-hydrogen) atoms. The first-order valence-corrected chi connectivity index (χ1v) is 9.28. The van der Waals surface area contributed by atoms with Crippen LogP contribution in [0.2, 0.25) is 0 Å². The highest BCUT2D eigenvalue weighted by Gasteiger charge is 2.26. The largest absolute Gasteiger partial charge is 0.496 e. The molecule has 3 heteroatoms. The van der Waals surface area contributed by atoms with Crippen LogP contribution in [-0.2, 0) is 10.8 Å². The summed E-state index contributed by atoms with van der Waals surface area (Å²) >= 11 is 0. The highest BCUT2D eigenvalue weighted by Crippen LogP contribution is 2.37. The number of methoxy groups -OCH3 is 1. The van der Waals surface area contributed by atoms with Crippen LogP contribution in [0.1, 0.15) is 52.7 Å². The zero-order valence-electron chi connectivity index (χ0n) is 15.8. The van der Waals surface area contributed by atoms with E-state index in [2.05, 4.69) is 53.7 Å². The maximum absolute atomic E-state index is 14.1. The molecule has 0 radical (unpaired) electrons. The number of halogens is 1. The van der Waals surface area contributed by atoms with Gasteiger partial charge in [0.2, 0.25) is 0 Å². The van der Waals surface area contributed by atoms with Crippen molar-refractivity contribution in [2.75, 3.05) is 7.11 Å². The van der Waals surface area contributed by atoms with Crippen molar-refractivity contribution in [3.05, 3.63) is 53.3 Å². The SMILES string of the molecule is COc1c(Pc2ccccc2F)cc(C(C)(C)C)cc1C(C)(C)C. The third kappa shape index (κ3) is 4.16. The summed E-state index contributed by atoms with van der Waals surface area (Å²) in [5.74, 6) is 0.730. The van der Waals surface area contributed by atoms with Crippen LogP contribution < -0.4 is 15.3 Å². The Morgan fingerprint density at radius 3 is 2.00 bits per heavy atom. The summed E-state index contributed by atoms with van der Waals surface area (Å²) in [6.45, 7) is 13.2. The maximum atomic E-state index is 14.1. The van der Waals surface area contributed by atoms with Gasteiger partial charge in [-0.2, -0.15) is 0 Å². The number of hydrogen-bond donors (Lipinski definition) is 0. The van der Waals surface area contributed by atoms with Crippen LogP contribution in [0.5, 0.6) is 5.75 Å². The van der Waals surface area contributed by atoms with Crippen LogP contribution >= 0.6 is 8.58 Å². The third-order valence-corrected chi connectivity index (χ3v) is 5.43. The lowest BCUT2D eigenvalue weighted by Gasteiger charge is -2.29. The minimum absolute atomic E-state index is 0.0285. The van der Waals surface area contributed by atoms with Crippen molar-refractivity contribution in [1.82, 2.24) is 0 Å². The molecule has 2 rings (SSSR count). The van der Waals surface area contributed by atoms with E-state index in [0.717, 1.165) is 16.4 Å². The molecular formula is C21H28FOP. The van der Waals surface area contributed by atoms with Crippen LogP contribution in [0, 0.1) is 5.82 Å². The monoisotopic (exact) mass is 346 g/mol. The fourth-order valence-corrected chi connectivity index (χ4v) is 3.89. The van der Waals surface area contributed by atoms with Crippen molar-refractivity contribution < 1.29 is 9.13 Å². The normalized spacial score (nSPS) is 12.8. The number of benzene rings is 2. The first kappa shape index (κ1) is 18.9. The molecule has 0 N–H and O–H groups in total. The highest BCUT2D eigenvalue weighted by molar-refractivity contribution is 7.55.